The van der Waals surface area contributed by atoms with E-state index in [4.69, 9.17) is 19.7 Å². The molecule has 1 aliphatic heterocycles. The molecule has 1 aliphatic rings. The van der Waals surface area contributed by atoms with Crippen LogP contribution in [0.2, 0.25) is 0 Å². The molecule has 0 saturated carbocycles. The summed E-state index contributed by atoms with van der Waals surface area (Å²) >= 11 is 4.73. The van der Waals surface area contributed by atoms with Crippen LogP contribution in [0.15, 0.2) is 17.1 Å². The van der Waals surface area contributed by atoms with E-state index in [0.29, 0.717) is 0 Å². The number of rotatable bonds is 3. The van der Waals surface area contributed by atoms with Crippen molar-refractivity contribution in [1.82, 2.24) is 9.55 Å². The average Bonchev–Trinajstić information content (AvgIpc) is 2.65. The molecule has 4 atom stereocenters. The highest BCUT2D eigenvalue weighted by molar-refractivity contribution is 7.71. The predicted molar refractivity (Wildman–Crippen MR) is 63.7 cm³/mol. The molecule has 1 aromatic heterocycles. The summed E-state index contributed by atoms with van der Waals surface area (Å²) in [5, 5.41) is 19.6. The molecule has 7 nitrogen and oxygen atoms in total. The van der Waals surface area contributed by atoms with Gasteiger partial charge in [0, 0.05) is 13.3 Å². The molecular weight excluding hydrogens is 279 g/mol. The minimum absolute atomic E-state index is 0.114. The van der Waals surface area contributed by atoms with Crippen LogP contribution < -0.4 is 5.69 Å². The van der Waals surface area contributed by atoms with Gasteiger partial charge in [-0.1, -0.05) is 12.2 Å². The highest BCUT2D eigenvalue weighted by atomic mass is 32.1. The van der Waals surface area contributed by atoms with E-state index in [0.717, 1.165) is 17.9 Å². The number of alkyl halides is 1. The quantitative estimate of drug-likeness (QED) is 0.648. The van der Waals surface area contributed by atoms with Crippen molar-refractivity contribution in [2.45, 2.75) is 24.3 Å². The Bertz CT molecular complexity index is 653. The van der Waals surface area contributed by atoms with Crippen LogP contribution >= 0.6 is 12.2 Å². The number of aliphatic hydroxyl groups excluding tert-OH is 2. The fourth-order valence-electron chi connectivity index (χ4n) is 1.76. The highest BCUT2D eigenvalue weighted by Gasteiger charge is 2.56. The lowest BCUT2D eigenvalue weighted by molar-refractivity contribution is -0.211. The van der Waals surface area contributed by atoms with Crippen LogP contribution in [-0.2, 0) is 9.47 Å². The van der Waals surface area contributed by atoms with Crippen molar-refractivity contribution in [3.05, 3.63) is 27.4 Å². The summed E-state index contributed by atoms with van der Waals surface area (Å²) in [5.74, 6) is -3.35. The van der Waals surface area contributed by atoms with E-state index in [9.17, 15) is 19.4 Å². The van der Waals surface area contributed by atoms with Gasteiger partial charge in [-0.3, -0.25) is 9.55 Å². The van der Waals surface area contributed by atoms with E-state index in [1.165, 1.54) is 6.07 Å². The Morgan fingerprint density at radius 2 is 2.47 bits per heavy atom. The molecule has 0 unspecified atom stereocenters. The summed E-state index contributed by atoms with van der Waals surface area (Å²) in [6.07, 6.45) is -4.65. The van der Waals surface area contributed by atoms with Gasteiger partial charge in [-0.15, -0.1) is 0 Å². The van der Waals surface area contributed by atoms with Crippen molar-refractivity contribution in [3.8, 4) is 0 Å². The fraction of sp³-hybridized carbons (Fsp3) is 0.600. The molecule has 0 aromatic carbocycles. The van der Waals surface area contributed by atoms with Gasteiger partial charge in [0.2, 0.25) is 0 Å². The van der Waals surface area contributed by atoms with Crippen molar-refractivity contribution in [3.63, 3.8) is 0 Å². The maximum atomic E-state index is 14.6. The van der Waals surface area contributed by atoms with Crippen LogP contribution in [-0.4, -0.2) is 51.5 Å². The lowest BCUT2D eigenvalue weighted by atomic mass is 10.1. The van der Waals surface area contributed by atoms with Gasteiger partial charge in [0.1, 0.15) is 23.4 Å². The minimum atomic E-state index is -3.35. The smallest absolute Gasteiger partial charge is 0.328 e. The molecule has 1 fully saturated rings. The van der Waals surface area contributed by atoms with Gasteiger partial charge >= 0.3 is 5.69 Å². The number of aromatic amines is 1. The molecule has 106 valence electrons. The summed E-state index contributed by atoms with van der Waals surface area (Å²) in [4.78, 5) is 14.0. The van der Waals surface area contributed by atoms with E-state index >= 15 is 0 Å². The first-order valence-corrected chi connectivity index (χ1v) is 5.64. The first-order valence-electron chi connectivity index (χ1n) is 6.23. The van der Waals surface area contributed by atoms with Crippen molar-refractivity contribution >= 4 is 12.2 Å². The summed E-state index contributed by atoms with van der Waals surface area (Å²) in [6.45, 7) is -3.03. The summed E-state index contributed by atoms with van der Waals surface area (Å²) < 4.78 is 39.4. The second kappa shape index (κ2) is 5.10. The molecule has 1 saturated heterocycles. The molecule has 2 heterocycles. The van der Waals surface area contributed by atoms with Crippen molar-refractivity contribution in [1.29, 1.82) is 0 Å². The molecular formula is C10H13FN2O5S. The number of hydrogen-bond acceptors (Lipinski definition) is 6. The standard InChI is InChI=1S/C10H13FN2O5S/c1-17-4-10(11)7(15)6(14)8(18-10)13-3-2-5(19)12-9(13)16/h2-3,6-8,14-15H,4H2,1H3,(H,12,16,19)/t6-,7+,8-,10-/m1/s1/i4D2. The number of hydrogen-bond donors (Lipinski definition) is 3. The van der Waals surface area contributed by atoms with E-state index in [-0.39, 0.29) is 4.64 Å². The Kier molecular flexibility index (Phi) is 3.13. The third-order valence-electron chi connectivity index (χ3n) is 2.65. The number of nitrogens with zero attached hydrogens (tertiary/aromatic N) is 1. The lowest BCUT2D eigenvalue weighted by Crippen LogP contribution is -2.42. The monoisotopic (exact) mass is 294 g/mol. The molecule has 1 aromatic rings. The third kappa shape index (κ3) is 2.47. The SMILES string of the molecule is [2H]C([2H])(OC)[C@@]1(F)O[C@@H](n2ccc(=S)[nH]c2=O)[C@H](O)[C@@H]1O. The van der Waals surface area contributed by atoms with Gasteiger partial charge in [0.15, 0.2) is 6.23 Å². The molecule has 0 radical (unpaired) electrons. The van der Waals surface area contributed by atoms with Crippen LogP contribution in [0.25, 0.3) is 0 Å². The zero-order valence-electron chi connectivity index (χ0n) is 11.7. The van der Waals surface area contributed by atoms with E-state index in [1.807, 2.05) is 0 Å². The Morgan fingerprint density at radius 1 is 1.79 bits per heavy atom. The summed E-state index contributed by atoms with van der Waals surface area (Å²) in [6, 6.07) is 1.29. The number of nitrogens with one attached hydrogen (secondary N) is 1. The first-order chi connectivity index (χ1) is 9.64. The zero-order chi connectivity index (χ0) is 16.0. The van der Waals surface area contributed by atoms with Gasteiger partial charge in [-0.2, -0.15) is 0 Å². The van der Waals surface area contributed by atoms with E-state index in [2.05, 4.69) is 9.72 Å². The molecule has 9 heteroatoms. The van der Waals surface area contributed by atoms with Crippen molar-refractivity contribution in [2.75, 3.05) is 13.7 Å². The molecule has 0 spiro atoms. The average molecular weight is 294 g/mol. The third-order valence-corrected chi connectivity index (χ3v) is 2.89. The van der Waals surface area contributed by atoms with Gasteiger partial charge in [-0.25, -0.2) is 9.18 Å². The van der Waals surface area contributed by atoms with Crippen LogP contribution in [0.5, 0.6) is 0 Å². The van der Waals surface area contributed by atoms with Gasteiger partial charge in [0.25, 0.3) is 5.85 Å². The lowest BCUT2D eigenvalue weighted by Gasteiger charge is -2.21. The Morgan fingerprint density at radius 3 is 3.05 bits per heavy atom. The fourth-order valence-corrected chi connectivity index (χ4v) is 1.91. The van der Waals surface area contributed by atoms with Crippen LogP contribution in [0.1, 0.15) is 8.97 Å². The number of aromatic nitrogens is 2. The Balaban J connectivity index is 2.45. The van der Waals surface area contributed by atoms with Crippen LogP contribution in [0, 0.1) is 4.64 Å². The second-order valence-electron chi connectivity index (χ2n) is 3.91. The Hall–Kier alpha value is -1.13. The summed E-state index contributed by atoms with van der Waals surface area (Å²) in [7, 11) is 0.878. The minimum Gasteiger partial charge on any atom is -0.385 e. The molecule has 0 aliphatic carbocycles. The normalized spacial score (nSPS) is 36.9. The van der Waals surface area contributed by atoms with E-state index < -0.39 is 36.5 Å². The van der Waals surface area contributed by atoms with Gasteiger partial charge < -0.3 is 19.7 Å². The maximum Gasteiger partial charge on any atom is 0.328 e. The first kappa shape index (κ1) is 11.7. The predicted octanol–water partition coefficient (Wildman–Crippen LogP) is -0.531. The largest absolute Gasteiger partial charge is 0.385 e. The molecule has 19 heavy (non-hydrogen) atoms. The van der Waals surface area contributed by atoms with E-state index in [1.54, 1.807) is 0 Å². The molecule has 3 N–H and O–H groups in total. The topological polar surface area (TPSA) is 96.7 Å². The Labute approximate surface area is 115 Å². The second-order valence-corrected chi connectivity index (χ2v) is 4.35. The molecule has 0 amide bonds. The van der Waals surface area contributed by atoms with Crippen molar-refractivity contribution in [2.24, 2.45) is 0 Å². The number of H-pyrrole nitrogens is 1. The van der Waals surface area contributed by atoms with Crippen LogP contribution in [0.4, 0.5) is 4.39 Å². The molecule has 0 bridgehead atoms. The number of ether oxygens (including phenoxy) is 2. The number of halogens is 1. The van der Waals surface area contributed by atoms with Crippen molar-refractivity contribution < 1.29 is 26.8 Å². The summed E-state index contributed by atoms with van der Waals surface area (Å²) in [5.41, 5.74) is -0.805. The number of aliphatic hydroxyl groups is 2. The van der Waals surface area contributed by atoms with Gasteiger partial charge in [-0.05, 0) is 6.07 Å². The molecule has 2 rings (SSSR count). The highest BCUT2D eigenvalue weighted by Crippen LogP contribution is 2.37. The van der Waals surface area contributed by atoms with Gasteiger partial charge in [0.05, 0.1) is 2.74 Å². The van der Waals surface area contributed by atoms with Crippen LogP contribution in [0.3, 0.4) is 0 Å². The number of methoxy groups -OCH3 is 1. The zero-order valence-corrected chi connectivity index (χ0v) is 10.6. The maximum absolute atomic E-state index is 14.6.